The number of nitrogens with zero attached hydrogens (tertiary/aromatic N) is 5. The van der Waals surface area contributed by atoms with E-state index in [-0.39, 0.29) is 5.91 Å². The first-order valence-electron chi connectivity index (χ1n) is 9.82. The third-order valence-corrected chi connectivity index (χ3v) is 5.03. The molecule has 0 aliphatic carbocycles. The second-order valence-corrected chi connectivity index (χ2v) is 7.24. The van der Waals surface area contributed by atoms with Crippen LogP contribution in [0, 0.1) is 11.3 Å². The summed E-state index contributed by atoms with van der Waals surface area (Å²) >= 11 is 0. The lowest BCUT2D eigenvalue weighted by Crippen LogP contribution is -2.47. The number of hydrogen-bond acceptors (Lipinski definition) is 6. The highest BCUT2D eigenvalue weighted by molar-refractivity contribution is 5.93. The Morgan fingerprint density at radius 1 is 1.00 bits per heavy atom. The van der Waals surface area contributed by atoms with Crippen molar-refractivity contribution in [1.82, 2.24) is 19.8 Å². The second kappa shape index (κ2) is 8.72. The van der Waals surface area contributed by atoms with Crippen LogP contribution in [0.3, 0.4) is 0 Å². The van der Waals surface area contributed by atoms with Gasteiger partial charge in [0, 0.05) is 43.5 Å². The van der Waals surface area contributed by atoms with Crippen LogP contribution in [0.4, 0.5) is 11.5 Å². The third kappa shape index (κ3) is 4.45. The van der Waals surface area contributed by atoms with E-state index in [0.717, 1.165) is 24.3 Å². The second-order valence-electron chi connectivity index (χ2n) is 7.24. The number of rotatable bonds is 4. The molecule has 2 heterocycles. The van der Waals surface area contributed by atoms with E-state index < -0.39 is 0 Å². The number of benzene rings is 2. The van der Waals surface area contributed by atoms with Gasteiger partial charge in [0.2, 0.25) is 0 Å². The molecule has 1 N–H and O–H groups in total. The zero-order chi connectivity index (χ0) is 20.9. The lowest BCUT2D eigenvalue weighted by Gasteiger charge is -2.32. The van der Waals surface area contributed by atoms with Crippen LogP contribution in [-0.2, 0) is 0 Å². The van der Waals surface area contributed by atoms with E-state index in [4.69, 9.17) is 5.26 Å². The third-order valence-electron chi connectivity index (χ3n) is 5.03. The van der Waals surface area contributed by atoms with E-state index in [1.807, 2.05) is 41.3 Å². The van der Waals surface area contributed by atoms with Gasteiger partial charge >= 0.3 is 0 Å². The highest BCUT2D eigenvalue weighted by Gasteiger charge is 2.23. The minimum Gasteiger partial charge on any atom is -0.340 e. The number of amides is 1. The monoisotopic (exact) mass is 398 g/mol. The van der Waals surface area contributed by atoms with Gasteiger partial charge in [-0.15, -0.1) is 0 Å². The molecule has 4 rings (SSSR count). The van der Waals surface area contributed by atoms with E-state index >= 15 is 0 Å². The molecule has 1 amide bonds. The molecule has 2 aromatic carbocycles. The molecule has 1 aliphatic heterocycles. The topological polar surface area (TPSA) is 85.1 Å². The molecule has 3 aromatic rings. The summed E-state index contributed by atoms with van der Waals surface area (Å²) in [6.07, 6.45) is 0. The first-order valence-corrected chi connectivity index (χ1v) is 9.82. The molecule has 7 heteroatoms. The predicted molar refractivity (Wildman–Crippen MR) is 115 cm³/mol. The normalized spacial score (nSPS) is 14.2. The van der Waals surface area contributed by atoms with Gasteiger partial charge in [-0.25, -0.2) is 9.97 Å². The number of nitriles is 1. The van der Waals surface area contributed by atoms with Crippen molar-refractivity contribution in [2.45, 2.75) is 0 Å². The number of carbonyl (C=O) groups is 1. The number of carbonyl (C=O) groups excluding carboxylic acids is 1. The van der Waals surface area contributed by atoms with Crippen LogP contribution in [0.25, 0.3) is 11.4 Å². The maximum Gasteiger partial charge on any atom is 0.272 e. The zero-order valence-electron chi connectivity index (χ0n) is 16.7. The number of hydrogen-bond donors (Lipinski definition) is 1. The summed E-state index contributed by atoms with van der Waals surface area (Å²) in [7, 11) is 2.05. The number of likely N-dealkylation sites (N-methyl/N-ethyl adjacent to an activating group) is 1. The van der Waals surface area contributed by atoms with Crippen LogP contribution in [0.15, 0.2) is 60.7 Å². The van der Waals surface area contributed by atoms with Crippen LogP contribution in [0.5, 0.6) is 0 Å². The van der Waals surface area contributed by atoms with Crippen molar-refractivity contribution in [2.75, 3.05) is 38.5 Å². The minimum atomic E-state index is -0.100. The van der Waals surface area contributed by atoms with Crippen molar-refractivity contribution in [1.29, 1.82) is 5.26 Å². The SMILES string of the molecule is CN1CCN(C(=O)c2cc(Nc3cccc(C#N)c3)nc(-c3ccccc3)n2)CC1. The van der Waals surface area contributed by atoms with Crippen molar-refractivity contribution in [3.05, 3.63) is 71.9 Å². The number of piperazine rings is 1. The smallest absolute Gasteiger partial charge is 0.272 e. The number of anilines is 2. The Hall–Kier alpha value is -3.76. The molecule has 30 heavy (non-hydrogen) atoms. The Bertz CT molecular complexity index is 1080. The van der Waals surface area contributed by atoms with E-state index in [2.05, 4.69) is 33.3 Å². The molecule has 1 aromatic heterocycles. The van der Waals surface area contributed by atoms with Crippen molar-refractivity contribution < 1.29 is 4.79 Å². The molecular weight excluding hydrogens is 376 g/mol. The van der Waals surface area contributed by atoms with Crippen LogP contribution >= 0.6 is 0 Å². The molecule has 0 saturated carbocycles. The van der Waals surface area contributed by atoms with E-state index in [1.165, 1.54) is 0 Å². The predicted octanol–water partition coefficient (Wildman–Crippen LogP) is 3.15. The van der Waals surface area contributed by atoms with Crippen molar-refractivity contribution in [3.63, 3.8) is 0 Å². The summed E-state index contributed by atoms with van der Waals surface area (Å²) in [5.74, 6) is 0.891. The first-order chi connectivity index (χ1) is 14.6. The van der Waals surface area contributed by atoms with E-state index in [9.17, 15) is 4.79 Å². The Kier molecular flexibility index (Phi) is 5.68. The van der Waals surface area contributed by atoms with Gasteiger partial charge in [-0.05, 0) is 25.2 Å². The molecule has 7 nitrogen and oxygen atoms in total. The molecule has 0 radical (unpaired) electrons. The Labute approximate surface area is 175 Å². The minimum absolute atomic E-state index is 0.100. The Balaban J connectivity index is 1.69. The highest BCUT2D eigenvalue weighted by Crippen LogP contribution is 2.22. The molecule has 150 valence electrons. The summed E-state index contributed by atoms with van der Waals surface area (Å²) in [4.78, 5) is 26.3. The first kappa shape index (κ1) is 19.6. The van der Waals surface area contributed by atoms with Gasteiger partial charge in [0.15, 0.2) is 5.82 Å². The standard InChI is InChI=1S/C23H22N6O/c1-28-10-12-29(13-11-28)23(30)20-15-21(25-19-9-5-6-17(14-19)16-24)27-22(26-20)18-7-3-2-4-8-18/h2-9,14-15H,10-13H2,1H3,(H,25,26,27). The van der Waals surface area contributed by atoms with Gasteiger partial charge in [-0.3, -0.25) is 4.79 Å². The molecule has 0 bridgehead atoms. The van der Waals surface area contributed by atoms with Gasteiger partial charge in [-0.2, -0.15) is 5.26 Å². The molecule has 0 spiro atoms. The molecule has 0 atom stereocenters. The quantitative estimate of drug-likeness (QED) is 0.727. The fourth-order valence-corrected chi connectivity index (χ4v) is 3.32. The summed E-state index contributed by atoms with van der Waals surface area (Å²) in [6, 6.07) is 20.5. The summed E-state index contributed by atoms with van der Waals surface area (Å²) in [5, 5.41) is 12.4. The van der Waals surface area contributed by atoms with Gasteiger partial charge in [-0.1, -0.05) is 36.4 Å². The van der Waals surface area contributed by atoms with Gasteiger partial charge < -0.3 is 15.1 Å². The zero-order valence-corrected chi connectivity index (χ0v) is 16.7. The average Bonchev–Trinajstić information content (AvgIpc) is 2.79. The van der Waals surface area contributed by atoms with Crippen molar-refractivity contribution >= 4 is 17.4 Å². The Morgan fingerprint density at radius 2 is 1.77 bits per heavy atom. The van der Waals surface area contributed by atoms with E-state index in [0.29, 0.717) is 36.0 Å². The summed E-state index contributed by atoms with van der Waals surface area (Å²) in [5.41, 5.74) is 2.46. The molecular formula is C23H22N6O. The van der Waals surface area contributed by atoms with Crippen molar-refractivity contribution in [3.8, 4) is 17.5 Å². The number of nitrogens with one attached hydrogen (secondary N) is 1. The van der Waals surface area contributed by atoms with Crippen LogP contribution < -0.4 is 5.32 Å². The fourth-order valence-electron chi connectivity index (χ4n) is 3.32. The van der Waals surface area contributed by atoms with Gasteiger partial charge in [0.05, 0.1) is 11.6 Å². The lowest BCUT2D eigenvalue weighted by molar-refractivity contribution is 0.0658. The van der Waals surface area contributed by atoms with Crippen molar-refractivity contribution in [2.24, 2.45) is 0 Å². The summed E-state index contributed by atoms with van der Waals surface area (Å²) in [6.45, 7) is 3.03. The van der Waals surface area contributed by atoms with Crippen LogP contribution in [-0.4, -0.2) is 58.9 Å². The van der Waals surface area contributed by atoms with E-state index in [1.54, 1.807) is 24.3 Å². The van der Waals surface area contributed by atoms with Gasteiger partial charge in [0.25, 0.3) is 5.91 Å². The number of aromatic nitrogens is 2. The van der Waals surface area contributed by atoms with Gasteiger partial charge in [0.1, 0.15) is 11.5 Å². The lowest BCUT2D eigenvalue weighted by atomic mass is 10.2. The largest absolute Gasteiger partial charge is 0.340 e. The Morgan fingerprint density at radius 3 is 2.50 bits per heavy atom. The molecule has 1 aliphatic rings. The average molecular weight is 398 g/mol. The highest BCUT2D eigenvalue weighted by atomic mass is 16.2. The molecule has 0 unspecified atom stereocenters. The maximum absolute atomic E-state index is 13.1. The molecule has 1 fully saturated rings. The fraction of sp³-hybridized carbons (Fsp3) is 0.217. The van der Waals surface area contributed by atoms with Crippen LogP contribution in [0.1, 0.15) is 16.1 Å². The summed E-state index contributed by atoms with van der Waals surface area (Å²) < 4.78 is 0. The molecule has 1 saturated heterocycles. The maximum atomic E-state index is 13.1. The van der Waals surface area contributed by atoms with Crippen LogP contribution in [0.2, 0.25) is 0 Å².